The minimum absolute atomic E-state index is 0.263. The molecule has 0 amide bonds. The van der Waals surface area contributed by atoms with Crippen LogP contribution in [-0.2, 0) is 6.54 Å². The van der Waals surface area contributed by atoms with Gasteiger partial charge >= 0.3 is 0 Å². The third-order valence-corrected chi connectivity index (χ3v) is 2.35. The van der Waals surface area contributed by atoms with Crippen LogP contribution in [-0.4, -0.2) is 25.0 Å². The van der Waals surface area contributed by atoms with Crippen molar-refractivity contribution in [1.29, 1.82) is 0 Å². The van der Waals surface area contributed by atoms with Gasteiger partial charge in [0.15, 0.2) is 0 Å². The first-order chi connectivity index (χ1) is 6.65. The van der Waals surface area contributed by atoms with Crippen molar-refractivity contribution in [3.05, 3.63) is 34.6 Å². The van der Waals surface area contributed by atoms with Gasteiger partial charge in [0.1, 0.15) is 5.82 Å². The van der Waals surface area contributed by atoms with Gasteiger partial charge in [-0.25, -0.2) is 4.39 Å². The molecule has 0 radical (unpaired) electrons. The molecule has 0 saturated heterocycles. The highest BCUT2D eigenvalue weighted by molar-refractivity contribution is 6.31. The lowest BCUT2D eigenvalue weighted by Crippen LogP contribution is -2.25. The lowest BCUT2D eigenvalue weighted by atomic mass is 10.2. The van der Waals surface area contributed by atoms with E-state index < -0.39 is 0 Å². The number of rotatable bonds is 4. The summed E-state index contributed by atoms with van der Waals surface area (Å²) in [4.78, 5) is 1.93. The van der Waals surface area contributed by atoms with Crippen LogP contribution in [0.15, 0.2) is 18.2 Å². The summed E-state index contributed by atoms with van der Waals surface area (Å²) in [5.41, 5.74) is 5.92. The molecule has 1 rings (SSSR count). The van der Waals surface area contributed by atoms with Gasteiger partial charge in [0.05, 0.1) is 0 Å². The van der Waals surface area contributed by atoms with Crippen molar-refractivity contribution in [3.63, 3.8) is 0 Å². The third-order valence-electron chi connectivity index (χ3n) is 2.00. The maximum Gasteiger partial charge on any atom is 0.129 e. The molecule has 4 heteroatoms. The Morgan fingerprint density at radius 2 is 2.21 bits per heavy atom. The van der Waals surface area contributed by atoms with Crippen molar-refractivity contribution in [3.8, 4) is 0 Å². The maximum atomic E-state index is 13.3. The molecule has 0 aliphatic carbocycles. The molecule has 0 aliphatic rings. The van der Waals surface area contributed by atoms with E-state index >= 15 is 0 Å². The van der Waals surface area contributed by atoms with Crippen LogP contribution in [0.4, 0.5) is 4.39 Å². The predicted molar refractivity (Wildman–Crippen MR) is 56.8 cm³/mol. The number of likely N-dealkylation sites (N-methyl/N-ethyl adjacent to an activating group) is 1. The van der Waals surface area contributed by atoms with E-state index in [0.717, 1.165) is 6.54 Å². The molecule has 0 saturated carbocycles. The number of benzene rings is 1. The molecule has 0 aliphatic heterocycles. The standard InChI is InChI=1S/C10H14ClFN2/c1-14(6-5-13)7-8-9(11)3-2-4-10(8)12/h2-4H,5-7,13H2,1H3. The highest BCUT2D eigenvalue weighted by atomic mass is 35.5. The van der Waals surface area contributed by atoms with E-state index in [0.29, 0.717) is 23.7 Å². The number of hydrogen-bond acceptors (Lipinski definition) is 2. The molecule has 1 aromatic rings. The molecule has 0 aromatic heterocycles. The first-order valence-corrected chi connectivity index (χ1v) is 4.84. The monoisotopic (exact) mass is 216 g/mol. The first-order valence-electron chi connectivity index (χ1n) is 4.46. The average molecular weight is 217 g/mol. The fourth-order valence-electron chi connectivity index (χ4n) is 1.25. The Labute approximate surface area is 88.5 Å². The van der Waals surface area contributed by atoms with E-state index in [1.165, 1.54) is 6.07 Å². The highest BCUT2D eigenvalue weighted by Gasteiger charge is 2.08. The van der Waals surface area contributed by atoms with E-state index in [1.807, 2.05) is 11.9 Å². The summed E-state index contributed by atoms with van der Waals surface area (Å²) >= 11 is 5.88. The summed E-state index contributed by atoms with van der Waals surface area (Å²) < 4.78 is 13.3. The first kappa shape index (κ1) is 11.4. The van der Waals surface area contributed by atoms with Crippen LogP contribution in [0, 0.1) is 5.82 Å². The van der Waals surface area contributed by atoms with Crippen molar-refractivity contribution in [2.45, 2.75) is 6.54 Å². The van der Waals surface area contributed by atoms with Crippen LogP contribution in [0.5, 0.6) is 0 Å². The van der Waals surface area contributed by atoms with Crippen molar-refractivity contribution >= 4 is 11.6 Å². The molecule has 0 heterocycles. The molecular weight excluding hydrogens is 203 g/mol. The molecular formula is C10H14ClFN2. The van der Waals surface area contributed by atoms with Gasteiger partial charge in [-0.05, 0) is 19.2 Å². The fourth-order valence-corrected chi connectivity index (χ4v) is 1.48. The van der Waals surface area contributed by atoms with Crippen molar-refractivity contribution in [2.75, 3.05) is 20.1 Å². The zero-order valence-electron chi connectivity index (χ0n) is 8.13. The Morgan fingerprint density at radius 1 is 1.50 bits per heavy atom. The van der Waals surface area contributed by atoms with Crippen LogP contribution < -0.4 is 5.73 Å². The summed E-state index contributed by atoms with van der Waals surface area (Å²) in [6.45, 7) is 1.77. The van der Waals surface area contributed by atoms with Crippen molar-refractivity contribution in [2.24, 2.45) is 5.73 Å². The van der Waals surface area contributed by atoms with Crippen LogP contribution in [0.25, 0.3) is 0 Å². The van der Waals surface area contributed by atoms with Crippen molar-refractivity contribution in [1.82, 2.24) is 4.90 Å². The summed E-state index contributed by atoms with van der Waals surface area (Å²) in [7, 11) is 1.88. The molecule has 2 N–H and O–H groups in total. The summed E-state index contributed by atoms with van der Waals surface area (Å²) in [5, 5.41) is 0.467. The zero-order valence-corrected chi connectivity index (χ0v) is 8.89. The molecule has 14 heavy (non-hydrogen) atoms. The fraction of sp³-hybridized carbons (Fsp3) is 0.400. The normalized spacial score (nSPS) is 10.9. The summed E-state index contributed by atoms with van der Waals surface area (Å²) in [5.74, 6) is -0.263. The second-order valence-electron chi connectivity index (χ2n) is 3.23. The van der Waals surface area contributed by atoms with Gasteiger partial charge in [0.25, 0.3) is 0 Å². The quantitative estimate of drug-likeness (QED) is 0.833. The van der Waals surface area contributed by atoms with Crippen LogP contribution >= 0.6 is 11.6 Å². The lowest BCUT2D eigenvalue weighted by molar-refractivity contribution is 0.330. The maximum absolute atomic E-state index is 13.3. The smallest absolute Gasteiger partial charge is 0.129 e. The van der Waals surface area contributed by atoms with Gasteiger partial charge in [0.2, 0.25) is 0 Å². The largest absolute Gasteiger partial charge is 0.329 e. The van der Waals surface area contributed by atoms with Crippen LogP contribution in [0.2, 0.25) is 5.02 Å². The molecule has 0 spiro atoms. The minimum Gasteiger partial charge on any atom is -0.329 e. The molecule has 1 aromatic carbocycles. The minimum atomic E-state index is -0.263. The number of nitrogens with zero attached hydrogens (tertiary/aromatic N) is 1. The predicted octanol–water partition coefficient (Wildman–Crippen LogP) is 1.87. The van der Waals surface area contributed by atoms with E-state index in [1.54, 1.807) is 12.1 Å². The van der Waals surface area contributed by atoms with Crippen molar-refractivity contribution < 1.29 is 4.39 Å². The number of halogens is 2. The van der Waals surface area contributed by atoms with Gasteiger partial charge in [-0.1, -0.05) is 17.7 Å². The Hall–Kier alpha value is -0.640. The van der Waals surface area contributed by atoms with Gasteiger partial charge in [-0.2, -0.15) is 0 Å². The van der Waals surface area contributed by atoms with Gasteiger partial charge < -0.3 is 10.6 Å². The summed E-state index contributed by atoms with van der Waals surface area (Å²) in [6, 6.07) is 4.71. The van der Waals surface area contributed by atoms with Crippen LogP contribution in [0.1, 0.15) is 5.56 Å². The SMILES string of the molecule is CN(CCN)Cc1c(F)cccc1Cl. The van der Waals surface area contributed by atoms with E-state index in [2.05, 4.69) is 0 Å². The summed E-state index contributed by atoms with van der Waals surface area (Å²) in [6.07, 6.45) is 0. The molecule has 0 bridgehead atoms. The zero-order chi connectivity index (χ0) is 10.6. The number of nitrogens with two attached hydrogens (primary N) is 1. The Bertz CT molecular complexity index is 284. The second-order valence-corrected chi connectivity index (χ2v) is 3.63. The van der Waals surface area contributed by atoms with E-state index in [-0.39, 0.29) is 5.82 Å². The van der Waals surface area contributed by atoms with E-state index in [9.17, 15) is 4.39 Å². The lowest BCUT2D eigenvalue weighted by Gasteiger charge is -2.16. The molecule has 2 nitrogen and oxygen atoms in total. The molecule has 78 valence electrons. The van der Waals surface area contributed by atoms with Gasteiger partial charge in [-0.15, -0.1) is 0 Å². The average Bonchev–Trinajstić information content (AvgIpc) is 2.12. The molecule has 0 unspecified atom stereocenters. The van der Waals surface area contributed by atoms with Gasteiger partial charge in [-0.3, -0.25) is 0 Å². The molecule has 0 atom stereocenters. The second kappa shape index (κ2) is 5.29. The Balaban J connectivity index is 2.75. The van der Waals surface area contributed by atoms with Gasteiger partial charge in [0, 0.05) is 30.2 Å². The Morgan fingerprint density at radius 3 is 2.79 bits per heavy atom. The Kier molecular flexibility index (Phi) is 4.32. The molecule has 0 fully saturated rings. The topological polar surface area (TPSA) is 29.3 Å². The van der Waals surface area contributed by atoms with E-state index in [4.69, 9.17) is 17.3 Å². The van der Waals surface area contributed by atoms with Crippen LogP contribution in [0.3, 0.4) is 0 Å². The highest BCUT2D eigenvalue weighted by Crippen LogP contribution is 2.19. The third kappa shape index (κ3) is 2.94. The number of hydrogen-bond donors (Lipinski definition) is 1.